The van der Waals surface area contributed by atoms with E-state index in [0.29, 0.717) is 17.0 Å². The summed E-state index contributed by atoms with van der Waals surface area (Å²) >= 11 is 0. The number of benzene rings is 2. The third-order valence-corrected chi connectivity index (χ3v) is 4.53. The molecule has 1 amide bonds. The maximum atomic E-state index is 11.9. The zero-order valence-electron chi connectivity index (χ0n) is 13.6. The Balaban J connectivity index is 1.99. The van der Waals surface area contributed by atoms with Crippen molar-refractivity contribution in [3.63, 3.8) is 0 Å². The van der Waals surface area contributed by atoms with Crippen LogP contribution in [0.3, 0.4) is 0 Å². The zero-order chi connectivity index (χ0) is 17.7. The molecule has 0 bridgehead atoms. The molecule has 7 heteroatoms. The van der Waals surface area contributed by atoms with E-state index in [0.717, 1.165) is 6.42 Å². The molecule has 0 spiro atoms. The number of nitrogens with one attached hydrogen (secondary N) is 1. The van der Waals surface area contributed by atoms with E-state index in [-0.39, 0.29) is 11.5 Å². The molecule has 0 atom stereocenters. The minimum absolute atomic E-state index is 0.0172. The van der Waals surface area contributed by atoms with Crippen LogP contribution in [0.4, 0.5) is 5.69 Å². The van der Waals surface area contributed by atoms with E-state index < -0.39 is 15.9 Å². The molecule has 0 radical (unpaired) electrons. The highest BCUT2D eigenvalue weighted by Gasteiger charge is 2.13. The minimum atomic E-state index is -3.84. The van der Waals surface area contributed by atoms with Gasteiger partial charge in [0.05, 0.1) is 4.90 Å². The molecule has 0 saturated carbocycles. The minimum Gasteiger partial charge on any atom is -0.484 e. The van der Waals surface area contributed by atoms with Crippen LogP contribution in [-0.4, -0.2) is 20.9 Å². The van der Waals surface area contributed by atoms with Gasteiger partial charge in [0.25, 0.3) is 5.91 Å². The lowest BCUT2D eigenvalue weighted by molar-refractivity contribution is -0.118. The second-order valence-electron chi connectivity index (χ2n) is 5.36. The van der Waals surface area contributed by atoms with Crippen molar-refractivity contribution in [3.8, 4) is 5.75 Å². The Hall–Kier alpha value is -2.38. The molecule has 0 fully saturated rings. The molecule has 3 N–H and O–H groups in total. The summed E-state index contributed by atoms with van der Waals surface area (Å²) in [5, 5.41) is 7.74. The van der Waals surface area contributed by atoms with Crippen molar-refractivity contribution in [2.45, 2.75) is 25.2 Å². The Kier molecular flexibility index (Phi) is 5.58. The van der Waals surface area contributed by atoms with Gasteiger partial charge in [-0.15, -0.1) is 0 Å². The van der Waals surface area contributed by atoms with Crippen molar-refractivity contribution in [1.82, 2.24) is 0 Å². The van der Waals surface area contributed by atoms with Crippen LogP contribution in [0, 0.1) is 6.92 Å². The monoisotopic (exact) mass is 348 g/mol. The van der Waals surface area contributed by atoms with Crippen LogP contribution in [0.1, 0.15) is 18.1 Å². The number of primary sulfonamides is 1. The second-order valence-corrected chi connectivity index (χ2v) is 6.89. The van der Waals surface area contributed by atoms with Crippen molar-refractivity contribution in [2.24, 2.45) is 5.14 Å². The van der Waals surface area contributed by atoms with Gasteiger partial charge < -0.3 is 10.1 Å². The average Bonchev–Trinajstić information content (AvgIpc) is 2.54. The predicted molar refractivity (Wildman–Crippen MR) is 92.5 cm³/mol. The molecule has 24 heavy (non-hydrogen) atoms. The van der Waals surface area contributed by atoms with Crippen LogP contribution in [0.15, 0.2) is 47.4 Å². The lowest BCUT2D eigenvalue weighted by atomic mass is 10.2. The number of ether oxygens (including phenoxy) is 1. The Morgan fingerprint density at radius 3 is 2.42 bits per heavy atom. The standard InChI is InChI=1S/C17H20N2O4S/c1-3-13-5-8-15(9-6-13)23-11-17(20)19-14-7-4-12(2)16(10-14)24(18,21)22/h4-10H,3,11H2,1-2H3,(H,19,20)(H2,18,21,22). The largest absolute Gasteiger partial charge is 0.484 e. The number of hydrogen-bond acceptors (Lipinski definition) is 4. The van der Waals surface area contributed by atoms with Crippen LogP contribution in [0.5, 0.6) is 5.75 Å². The first-order valence-corrected chi connectivity index (χ1v) is 8.99. The lowest BCUT2D eigenvalue weighted by Crippen LogP contribution is -2.21. The topological polar surface area (TPSA) is 98.5 Å². The molecule has 128 valence electrons. The fourth-order valence-electron chi connectivity index (χ4n) is 2.15. The summed E-state index contributed by atoms with van der Waals surface area (Å²) in [7, 11) is -3.84. The number of carbonyl (C=O) groups is 1. The fourth-order valence-corrected chi connectivity index (χ4v) is 2.96. The molecule has 2 aromatic rings. The van der Waals surface area contributed by atoms with Gasteiger partial charge in [-0.2, -0.15) is 0 Å². The number of anilines is 1. The fraction of sp³-hybridized carbons (Fsp3) is 0.235. The highest BCUT2D eigenvalue weighted by Crippen LogP contribution is 2.19. The number of sulfonamides is 1. The summed E-state index contributed by atoms with van der Waals surface area (Å²) in [6.45, 7) is 3.51. The number of amides is 1. The van der Waals surface area contributed by atoms with Crippen molar-refractivity contribution in [2.75, 3.05) is 11.9 Å². The summed E-state index contributed by atoms with van der Waals surface area (Å²) in [4.78, 5) is 11.9. The number of hydrogen-bond donors (Lipinski definition) is 2. The molecular formula is C17H20N2O4S. The molecule has 0 aliphatic rings. The van der Waals surface area contributed by atoms with E-state index in [9.17, 15) is 13.2 Å². The maximum Gasteiger partial charge on any atom is 0.262 e. The van der Waals surface area contributed by atoms with Crippen molar-refractivity contribution < 1.29 is 17.9 Å². The first-order valence-electron chi connectivity index (χ1n) is 7.44. The highest BCUT2D eigenvalue weighted by molar-refractivity contribution is 7.89. The summed E-state index contributed by atoms with van der Waals surface area (Å²) in [5.74, 6) is 0.204. The van der Waals surface area contributed by atoms with Gasteiger partial charge >= 0.3 is 0 Å². The normalized spacial score (nSPS) is 11.1. The van der Waals surface area contributed by atoms with Gasteiger partial charge in [-0.05, 0) is 48.7 Å². The highest BCUT2D eigenvalue weighted by atomic mass is 32.2. The Morgan fingerprint density at radius 1 is 1.17 bits per heavy atom. The first-order chi connectivity index (χ1) is 11.3. The van der Waals surface area contributed by atoms with Crippen LogP contribution >= 0.6 is 0 Å². The quantitative estimate of drug-likeness (QED) is 0.836. The predicted octanol–water partition coefficient (Wildman–Crippen LogP) is 2.22. The van der Waals surface area contributed by atoms with Crippen LogP contribution in [-0.2, 0) is 21.2 Å². The van der Waals surface area contributed by atoms with E-state index in [1.165, 1.54) is 11.6 Å². The van der Waals surface area contributed by atoms with Crippen molar-refractivity contribution >= 4 is 21.6 Å². The third kappa shape index (κ3) is 4.81. The zero-order valence-corrected chi connectivity index (χ0v) is 14.4. The molecule has 2 aromatic carbocycles. The molecule has 0 saturated heterocycles. The maximum absolute atomic E-state index is 11.9. The van der Waals surface area contributed by atoms with Crippen LogP contribution < -0.4 is 15.2 Å². The Morgan fingerprint density at radius 2 is 1.83 bits per heavy atom. The summed E-state index contributed by atoms with van der Waals surface area (Å²) in [5.41, 5.74) is 2.05. The molecule has 0 aliphatic carbocycles. The Labute approximate surface area is 141 Å². The number of carbonyl (C=O) groups excluding carboxylic acids is 1. The van der Waals surface area contributed by atoms with Crippen molar-refractivity contribution in [3.05, 3.63) is 53.6 Å². The van der Waals surface area contributed by atoms with Gasteiger partial charge in [0.1, 0.15) is 5.75 Å². The van der Waals surface area contributed by atoms with E-state index in [1.807, 2.05) is 12.1 Å². The smallest absolute Gasteiger partial charge is 0.262 e. The molecule has 0 aromatic heterocycles. The SMILES string of the molecule is CCc1ccc(OCC(=O)Nc2ccc(C)c(S(N)(=O)=O)c2)cc1. The molecule has 0 heterocycles. The third-order valence-electron chi connectivity index (χ3n) is 3.48. The second kappa shape index (κ2) is 7.46. The number of aryl methyl sites for hydroxylation is 2. The van der Waals surface area contributed by atoms with Gasteiger partial charge in [0, 0.05) is 5.69 Å². The molecule has 0 unspecified atom stereocenters. The molecule has 0 aliphatic heterocycles. The molecule has 6 nitrogen and oxygen atoms in total. The summed E-state index contributed by atoms with van der Waals surface area (Å²) < 4.78 is 28.4. The van der Waals surface area contributed by atoms with Gasteiger partial charge in [-0.3, -0.25) is 4.79 Å². The summed E-state index contributed by atoms with van der Waals surface area (Å²) in [6, 6.07) is 12.0. The van der Waals surface area contributed by atoms with Gasteiger partial charge in [-0.1, -0.05) is 25.1 Å². The number of nitrogens with two attached hydrogens (primary N) is 1. The van der Waals surface area contributed by atoms with Crippen LogP contribution in [0.2, 0.25) is 0 Å². The van der Waals surface area contributed by atoms with E-state index in [1.54, 1.807) is 31.2 Å². The van der Waals surface area contributed by atoms with Crippen LogP contribution in [0.25, 0.3) is 0 Å². The lowest BCUT2D eigenvalue weighted by Gasteiger charge is -2.10. The first kappa shape index (κ1) is 18.0. The average molecular weight is 348 g/mol. The van der Waals surface area contributed by atoms with Crippen molar-refractivity contribution in [1.29, 1.82) is 0 Å². The van der Waals surface area contributed by atoms with Gasteiger partial charge in [0.2, 0.25) is 10.0 Å². The van der Waals surface area contributed by atoms with E-state index in [4.69, 9.17) is 9.88 Å². The molecular weight excluding hydrogens is 328 g/mol. The Bertz CT molecular complexity index is 830. The van der Waals surface area contributed by atoms with Gasteiger partial charge in [0.15, 0.2) is 6.61 Å². The number of rotatable bonds is 6. The van der Waals surface area contributed by atoms with E-state index in [2.05, 4.69) is 12.2 Å². The summed E-state index contributed by atoms with van der Waals surface area (Å²) in [6.07, 6.45) is 0.931. The van der Waals surface area contributed by atoms with E-state index >= 15 is 0 Å². The molecule has 2 rings (SSSR count). The van der Waals surface area contributed by atoms with Gasteiger partial charge in [-0.25, -0.2) is 13.6 Å².